The first-order chi connectivity index (χ1) is 7.78. The van der Waals surface area contributed by atoms with E-state index in [0.717, 1.165) is 58.4 Å². The fourth-order valence-corrected chi connectivity index (χ4v) is 2.85. The lowest BCUT2D eigenvalue weighted by Gasteiger charge is -2.36. The maximum atomic E-state index is 12.5. The van der Waals surface area contributed by atoms with Crippen LogP contribution in [0.25, 0.3) is 0 Å². The second-order valence-electron chi connectivity index (χ2n) is 4.83. The molecule has 0 aromatic heterocycles. The summed E-state index contributed by atoms with van der Waals surface area (Å²) in [6.45, 7) is 6.39. The second kappa shape index (κ2) is 5.15. The molecular weight excluding hydrogens is 202 g/mol. The SMILES string of the molecule is CCCC1(C(=O)N2CC[N]CC2)CCCN1. The normalized spacial score (nSPS) is 30.7. The van der Waals surface area contributed by atoms with Crippen LogP contribution in [0.4, 0.5) is 0 Å². The van der Waals surface area contributed by atoms with E-state index < -0.39 is 0 Å². The molecule has 2 saturated heterocycles. The molecular formula is C12H22N3O. The number of nitrogens with zero attached hydrogens (tertiary/aromatic N) is 2. The Morgan fingerprint density at radius 2 is 2.19 bits per heavy atom. The summed E-state index contributed by atoms with van der Waals surface area (Å²) in [4.78, 5) is 14.5. The highest BCUT2D eigenvalue weighted by Gasteiger charge is 2.42. The van der Waals surface area contributed by atoms with Crippen LogP contribution in [0.1, 0.15) is 32.6 Å². The minimum Gasteiger partial charge on any atom is -0.338 e. The van der Waals surface area contributed by atoms with Crippen LogP contribution < -0.4 is 10.6 Å². The van der Waals surface area contributed by atoms with Crippen molar-refractivity contribution in [3.8, 4) is 0 Å². The third kappa shape index (κ3) is 2.23. The summed E-state index contributed by atoms with van der Waals surface area (Å²) in [6, 6.07) is 0. The molecule has 0 aromatic carbocycles. The van der Waals surface area contributed by atoms with Crippen LogP contribution >= 0.6 is 0 Å². The first-order valence-electron chi connectivity index (χ1n) is 6.46. The molecule has 0 saturated carbocycles. The molecule has 1 atom stereocenters. The molecule has 2 heterocycles. The van der Waals surface area contributed by atoms with E-state index in [-0.39, 0.29) is 5.54 Å². The Morgan fingerprint density at radius 1 is 1.44 bits per heavy atom. The van der Waals surface area contributed by atoms with E-state index in [1.807, 2.05) is 4.90 Å². The maximum absolute atomic E-state index is 12.5. The van der Waals surface area contributed by atoms with Gasteiger partial charge in [0, 0.05) is 26.2 Å². The van der Waals surface area contributed by atoms with Gasteiger partial charge in [0.05, 0.1) is 5.54 Å². The van der Waals surface area contributed by atoms with Gasteiger partial charge in [-0.3, -0.25) is 4.79 Å². The molecule has 4 heteroatoms. The van der Waals surface area contributed by atoms with Crippen LogP contribution in [0.15, 0.2) is 0 Å². The van der Waals surface area contributed by atoms with Crippen LogP contribution in [-0.2, 0) is 4.79 Å². The van der Waals surface area contributed by atoms with E-state index in [2.05, 4.69) is 17.6 Å². The van der Waals surface area contributed by atoms with Gasteiger partial charge in [0.2, 0.25) is 5.91 Å². The molecule has 0 spiro atoms. The highest BCUT2D eigenvalue weighted by Crippen LogP contribution is 2.27. The smallest absolute Gasteiger partial charge is 0.242 e. The molecule has 2 fully saturated rings. The van der Waals surface area contributed by atoms with Crippen molar-refractivity contribution < 1.29 is 4.79 Å². The largest absolute Gasteiger partial charge is 0.338 e. The Labute approximate surface area is 97.8 Å². The average molecular weight is 224 g/mol. The predicted octanol–water partition coefficient (Wildman–Crippen LogP) is 0.355. The van der Waals surface area contributed by atoms with Gasteiger partial charge in [0.25, 0.3) is 0 Å². The van der Waals surface area contributed by atoms with E-state index >= 15 is 0 Å². The number of carbonyl (C=O) groups is 1. The number of amides is 1. The van der Waals surface area contributed by atoms with Gasteiger partial charge >= 0.3 is 0 Å². The molecule has 0 aliphatic carbocycles. The van der Waals surface area contributed by atoms with Crippen LogP contribution in [0.2, 0.25) is 0 Å². The molecule has 2 aliphatic rings. The Balaban J connectivity index is 2.04. The summed E-state index contributed by atoms with van der Waals surface area (Å²) in [5.74, 6) is 0.321. The van der Waals surface area contributed by atoms with Crippen LogP contribution in [-0.4, -0.2) is 49.1 Å². The van der Waals surface area contributed by atoms with Crippen molar-refractivity contribution in [1.82, 2.24) is 15.5 Å². The van der Waals surface area contributed by atoms with E-state index in [1.54, 1.807) is 0 Å². The van der Waals surface area contributed by atoms with Crippen molar-refractivity contribution in [2.45, 2.75) is 38.1 Å². The highest BCUT2D eigenvalue weighted by atomic mass is 16.2. The molecule has 1 N–H and O–H groups in total. The zero-order chi connectivity index (χ0) is 11.4. The lowest BCUT2D eigenvalue weighted by atomic mass is 9.90. The minimum atomic E-state index is -0.244. The van der Waals surface area contributed by atoms with Crippen LogP contribution in [0.5, 0.6) is 0 Å². The lowest BCUT2D eigenvalue weighted by Crippen LogP contribution is -2.57. The number of nitrogens with one attached hydrogen (secondary N) is 1. The first-order valence-corrected chi connectivity index (χ1v) is 6.46. The number of carbonyl (C=O) groups excluding carboxylic acids is 1. The van der Waals surface area contributed by atoms with Gasteiger partial charge in [-0.1, -0.05) is 13.3 Å². The van der Waals surface area contributed by atoms with Crippen LogP contribution in [0.3, 0.4) is 0 Å². The first kappa shape index (κ1) is 11.9. The summed E-state index contributed by atoms with van der Waals surface area (Å²) in [6.07, 6.45) is 4.17. The van der Waals surface area contributed by atoms with Crippen molar-refractivity contribution in [3.05, 3.63) is 0 Å². The lowest BCUT2D eigenvalue weighted by molar-refractivity contribution is -0.138. The minimum absolute atomic E-state index is 0.244. The summed E-state index contributed by atoms with van der Waals surface area (Å²) < 4.78 is 0. The molecule has 1 amide bonds. The molecule has 2 rings (SSSR count). The molecule has 2 aliphatic heterocycles. The zero-order valence-corrected chi connectivity index (χ0v) is 10.2. The molecule has 1 radical (unpaired) electrons. The molecule has 0 bridgehead atoms. The summed E-state index contributed by atoms with van der Waals surface area (Å²) in [7, 11) is 0. The van der Waals surface area contributed by atoms with Gasteiger partial charge in [-0.05, 0) is 25.8 Å². The fourth-order valence-electron chi connectivity index (χ4n) is 2.85. The fraction of sp³-hybridized carbons (Fsp3) is 0.917. The van der Waals surface area contributed by atoms with Gasteiger partial charge in [-0.15, -0.1) is 0 Å². The number of piperazine rings is 1. The summed E-state index contributed by atoms with van der Waals surface area (Å²) >= 11 is 0. The van der Waals surface area contributed by atoms with Crippen molar-refractivity contribution in [2.75, 3.05) is 32.7 Å². The maximum Gasteiger partial charge on any atom is 0.242 e. The molecule has 4 nitrogen and oxygen atoms in total. The average Bonchev–Trinajstić information content (AvgIpc) is 2.80. The van der Waals surface area contributed by atoms with E-state index in [1.165, 1.54) is 0 Å². The van der Waals surface area contributed by atoms with Crippen molar-refractivity contribution >= 4 is 5.91 Å². The zero-order valence-electron chi connectivity index (χ0n) is 10.2. The van der Waals surface area contributed by atoms with Crippen molar-refractivity contribution in [2.24, 2.45) is 0 Å². The highest BCUT2D eigenvalue weighted by molar-refractivity contribution is 5.86. The van der Waals surface area contributed by atoms with Gasteiger partial charge in [-0.2, -0.15) is 0 Å². The third-order valence-corrected chi connectivity index (χ3v) is 3.67. The van der Waals surface area contributed by atoms with Crippen molar-refractivity contribution in [3.63, 3.8) is 0 Å². The molecule has 0 aromatic rings. The number of rotatable bonds is 3. The van der Waals surface area contributed by atoms with Gasteiger partial charge in [0.1, 0.15) is 0 Å². The molecule has 16 heavy (non-hydrogen) atoms. The third-order valence-electron chi connectivity index (χ3n) is 3.67. The Kier molecular flexibility index (Phi) is 3.82. The molecule has 1 unspecified atom stereocenters. The van der Waals surface area contributed by atoms with Gasteiger partial charge in [0.15, 0.2) is 0 Å². The quantitative estimate of drug-likeness (QED) is 0.752. The number of hydrogen-bond acceptors (Lipinski definition) is 2. The molecule has 91 valence electrons. The summed E-state index contributed by atoms with van der Waals surface area (Å²) in [5, 5.41) is 7.74. The monoisotopic (exact) mass is 224 g/mol. The van der Waals surface area contributed by atoms with Crippen molar-refractivity contribution in [1.29, 1.82) is 0 Å². The van der Waals surface area contributed by atoms with Gasteiger partial charge < -0.3 is 10.2 Å². The van der Waals surface area contributed by atoms with E-state index in [4.69, 9.17) is 0 Å². The van der Waals surface area contributed by atoms with Gasteiger partial charge in [-0.25, -0.2) is 5.32 Å². The van der Waals surface area contributed by atoms with E-state index in [9.17, 15) is 4.79 Å². The summed E-state index contributed by atoms with van der Waals surface area (Å²) in [5.41, 5.74) is -0.244. The second-order valence-corrected chi connectivity index (χ2v) is 4.83. The Morgan fingerprint density at radius 3 is 2.75 bits per heavy atom. The standard InChI is InChI=1S/C12H22N3O/c1-2-4-12(5-3-6-14-12)11(16)15-9-7-13-8-10-15/h14H,2-10H2,1H3. The topological polar surface area (TPSA) is 46.4 Å². The number of hydrogen-bond donors (Lipinski definition) is 1. The predicted molar refractivity (Wildman–Crippen MR) is 63.3 cm³/mol. The Hall–Kier alpha value is -0.610. The van der Waals surface area contributed by atoms with Crippen LogP contribution in [0, 0.1) is 0 Å². The van der Waals surface area contributed by atoms with E-state index in [0.29, 0.717) is 5.91 Å². The Bertz CT molecular complexity index is 243.